The third-order valence-corrected chi connectivity index (χ3v) is 5.12. The Balaban J connectivity index is 1.72. The summed E-state index contributed by atoms with van der Waals surface area (Å²) in [5.41, 5.74) is 0.279. The fraction of sp³-hybridized carbons (Fsp3) is 0.182. The molecular formula is C22H14O8. The van der Waals surface area contributed by atoms with Crippen LogP contribution in [0.5, 0.6) is 0 Å². The van der Waals surface area contributed by atoms with E-state index in [9.17, 15) is 28.8 Å². The first kappa shape index (κ1) is 19.4. The third kappa shape index (κ3) is 3.12. The lowest BCUT2D eigenvalue weighted by Gasteiger charge is -2.24. The molecule has 2 saturated heterocycles. The molecular weight excluding hydrogens is 392 g/mol. The topological polar surface area (TPSA) is 121 Å². The van der Waals surface area contributed by atoms with Gasteiger partial charge < -0.3 is 9.47 Å². The zero-order valence-corrected chi connectivity index (χ0v) is 15.3. The van der Waals surface area contributed by atoms with E-state index in [-0.39, 0.29) is 11.1 Å². The Morgan fingerprint density at radius 2 is 0.900 bits per heavy atom. The Hall–Kier alpha value is -3.94. The second-order valence-corrected chi connectivity index (χ2v) is 6.88. The quantitative estimate of drug-likeness (QED) is 0.312. The van der Waals surface area contributed by atoms with E-state index in [2.05, 4.69) is 0 Å². The van der Waals surface area contributed by atoms with Gasteiger partial charge in [-0.25, -0.2) is 9.59 Å². The molecule has 2 aliphatic rings. The SMILES string of the molecule is O=C1O[C@@H]([C@H]2OC(=O)C(=O)[C@H]2C(=O)c2ccccc2)[C@H](C(=O)c2ccccc2)C1=O. The molecule has 8 heteroatoms. The molecule has 30 heavy (non-hydrogen) atoms. The number of carbonyl (C=O) groups is 6. The fourth-order valence-electron chi connectivity index (χ4n) is 3.67. The highest BCUT2D eigenvalue weighted by molar-refractivity contribution is 6.43. The van der Waals surface area contributed by atoms with Crippen molar-refractivity contribution in [1.29, 1.82) is 0 Å². The van der Waals surface area contributed by atoms with Gasteiger partial charge in [-0.05, 0) is 0 Å². The molecule has 2 fully saturated rings. The first-order valence-corrected chi connectivity index (χ1v) is 9.08. The van der Waals surface area contributed by atoms with E-state index in [4.69, 9.17) is 9.47 Å². The van der Waals surface area contributed by atoms with Crippen molar-refractivity contribution in [3.63, 3.8) is 0 Å². The minimum atomic E-state index is -1.63. The van der Waals surface area contributed by atoms with E-state index in [0.29, 0.717) is 0 Å². The van der Waals surface area contributed by atoms with Crippen molar-refractivity contribution in [3.05, 3.63) is 71.8 Å². The Morgan fingerprint density at radius 3 is 1.23 bits per heavy atom. The van der Waals surface area contributed by atoms with Crippen LogP contribution in [0.15, 0.2) is 60.7 Å². The number of Topliss-reactive ketones (excluding diaryl/α,β-unsaturated/α-hetero) is 4. The molecule has 2 aromatic carbocycles. The predicted molar refractivity (Wildman–Crippen MR) is 98.3 cm³/mol. The summed E-state index contributed by atoms with van der Waals surface area (Å²) in [5.74, 6) is -9.50. The molecule has 0 aliphatic carbocycles. The highest BCUT2D eigenvalue weighted by Crippen LogP contribution is 2.35. The highest BCUT2D eigenvalue weighted by Gasteiger charge is 2.60. The molecule has 4 rings (SSSR count). The standard InChI is InChI=1S/C22H14O8/c23-15(11-7-3-1-4-8-11)13-17(25)21(27)29-19(13)20-14(18(26)22(28)30-20)16(24)12-9-5-2-6-10-12/h1-10,13-14,19-20H/t13-,14-,19-,20+/m1/s1. The summed E-state index contributed by atoms with van der Waals surface area (Å²) in [6, 6.07) is 15.4. The van der Waals surface area contributed by atoms with Gasteiger partial charge >= 0.3 is 11.9 Å². The summed E-state index contributed by atoms with van der Waals surface area (Å²) in [6.07, 6.45) is -3.16. The maximum atomic E-state index is 12.9. The van der Waals surface area contributed by atoms with Crippen molar-refractivity contribution in [3.8, 4) is 0 Å². The Bertz CT molecular complexity index is 985. The Labute approximate surface area is 169 Å². The molecule has 0 saturated carbocycles. The van der Waals surface area contributed by atoms with Gasteiger partial charge in [0, 0.05) is 11.1 Å². The van der Waals surface area contributed by atoms with Gasteiger partial charge in [0.2, 0.25) is 0 Å². The number of rotatable bonds is 5. The van der Waals surface area contributed by atoms with Crippen LogP contribution in [0.1, 0.15) is 20.7 Å². The number of ketones is 4. The molecule has 8 nitrogen and oxygen atoms in total. The van der Waals surface area contributed by atoms with Gasteiger partial charge in [-0.3, -0.25) is 19.2 Å². The first-order chi connectivity index (χ1) is 14.4. The molecule has 2 aromatic rings. The first-order valence-electron chi connectivity index (χ1n) is 9.08. The fourth-order valence-corrected chi connectivity index (χ4v) is 3.67. The summed E-state index contributed by atoms with van der Waals surface area (Å²) < 4.78 is 10.1. The van der Waals surface area contributed by atoms with Crippen LogP contribution in [0.25, 0.3) is 0 Å². The van der Waals surface area contributed by atoms with Crippen molar-refractivity contribution in [1.82, 2.24) is 0 Å². The summed E-state index contributed by atoms with van der Waals surface area (Å²) >= 11 is 0. The summed E-state index contributed by atoms with van der Waals surface area (Å²) in [6.45, 7) is 0. The molecule has 0 aromatic heterocycles. The van der Waals surface area contributed by atoms with Gasteiger partial charge in [0.1, 0.15) is 11.8 Å². The number of carbonyl (C=O) groups excluding carboxylic acids is 6. The minimum Gasteiger partial charge on any atom is -0.451 e. The van der Waals surface area contributed by atoms with E-state index in [1.54, 1.807) is 36.4 Å². The third-order valence-electron chi connectivity index (χ3n) is 5.12. The van der Waals surface area contributed by atoms with E-state index in [0.717, 1.165) is 0 Å². The average molecular weight is 406 g/mol. The van der Waals surface area contributed by atoms with Gasteiger partial charge in [0.05, 0.1) is 0 Å². The second kappa shape index (κ2) is 7.47. The van der Waals surface area contributed by atoms with E-state index in [1.165, 1.54) is 24.3 Å². The number of ether oxygens (including phenoxy) is 2. The molecule has 0 spiro atoms. The van der Waals surface area contributed by atoms with Gasteiger partial charge in [0.25, 0.3) is 11.6 Å². The number of benzene rings is 2. The maximum Gasteiger partial charge on any atom is 0.376 e. The monoisotopic (exact) mass is 406 g/mol. The smallest absolute Gasteiger partial charge is 0.376 e. The number of hydrogen-bond donors (Lipinski definition) is 0. The molecule has 0 N–H and O–H groups in total. The molecule has 2 heterocycles. The van der Waals surface area contributed by atoms with Crippen LogP contribution in [0.4, 0.5) is 0 Å². The summed E-state index contributed by atoms with van der Waals surface area (Å²) in [5, 5.41) is 0. The lowest BCUT2D eigenvalue weighted by molar-refractivity contribution is -0.157. The molecule has 2 aliphatic heterocycles. The summed E-state index contributed by atoms with van der Waals surface area (Å²) in [4.78, 5) is 74.5. The van der Waals surface area contributed by atoms with Crippen molar-refractivity contribution in [2.45, 2.75) is 12.2 Å². The van der Waals surface area contributed by atoms with E-state index >= 15 is 0 Å². The van der Waals surface area contributed by atoms with Crippen LogP contribution in [0.2, 0.25) is 0 Å². The number of cyclic esters (lactones) is 2. The van der Waals surface area contributed by atoms with Crippen LogP contribution in [0.3, 0.4) is 0 Å². The van der Waals surface area contributed by atoms with Crippen molar-refractivity contribution in [2.24, 2.45) is 11.8 Å². The molecule has 0 radical (unpaired) electrons. The van der Waals surface area contributed by atoms with E-state index in [1.807, 2.05) is 0 Å². The maximum absolute atomic E-state index is 12.9. The molecule has 150 valence electrons. The largest absolute Gasteiger partial charge is 0.451 e. The lowest BCUT2D eigenvalue weighted by atomic mass is 9.81. The average Bonchev–Trinajstić information content (AvgIpc) is 3.23. The van der Waals surface area contributed by atoms with Crippen LogP contribution >= 0.6 is 0 Å². The molecule has 4 atom stereocenters. The Kier molecular flexibility index (Phi) is 4.83. The highest BCUT2D eigenvalue weighted by atomic mass is 16.6. The zero-order chi connectivity index (χ0) is 21.4. The lowest BCUT2D eigenvalue weighted by Crippen LogP contribution is -2.44. The van der Waals surface area contributed by atoms with Crippen molar-refractivity contribution < 1.29 is 38.2 Å². The predicted octanol–water partition coefficient (Wildman–Crippen LogP) is 0.974. The number of hydrogen-bond acceptors (Lipinski definition) is 8. The molecule has 0 bridgehead atoms. The van der Waals surface area contributed by atoms with Gasteiger partial charge in [-0.1, -0.05) is 60.7 Å². The van der Waals surface area contributed by atoms with E-state index < -0.39 is 59.1 Å². The molecule has 0 unspecified atom stereocenters. The van der Waals surface area contributed by atoms with Crippen LogP contribution in [-0.4, -0.2) is 47.3 Å². The zero-order valence-electron chi connectivity index (χ0n) is 15.3. The minimum absolute atomic E-state index is 0.140. The Morgan fingerprint density at radius 1 is 0.567 bits per heavy atom. The van der Waals surface area contributed by atoms with Gasteiger partial charge in [-0.15, -0.1) is 0 Å². The normalized spacial score (nSPS) is 25.7. The van der Waals surface area contributed by atoms with Gasteiger partial charge in [-0.2, -0.15) is 0 Å². The second-order valence-electron chi connectivity index (χ2n) is 6.88. The van der Waals surface area contributed by atoms with Crippen LogP contribution in [0, 0.1) is 11.8 Å². The molecule has 0 amide bonds. The van der Waals surface area contributed by atoms with Gasteiger partial charge in [0.15, 0.2) is 23.8 Å². The van der Waals surface area contributed by atoms with Crippen LogP contribution < -0.4 is 0 Å². The number of esters is 2. The summed E-state index contributed by atoms with van der Waals surface area (Å²) in [7, 11) is 0. The van der Waals surface area contributed by atoms with Crippen molar-refractivity contribution in [2.75, 3.05) is 0 Å². The van der Waals surface area contributed by atoms with Crippen LogP contribution in [-0.2, 0) is 28.7 Å². The van der Waals surface area contributed by atoms with Crippen molar-refractivity contribution >= 4 is 35.1 Å².